The molecule has 0 spiro atoms. The van der Waals surface area contributed by atoms with Crippen LogP contribution in [0.4, 0.5) is 4.79 Å². The van der Waals surface area contributed by atoms with Gasteiger partial charge in [0, 0.05) is 49.1 Å². The lowest BCUT2D eigenvalue weighted by molar-refractivity contribution is -0.136. The fourth-order valence-corrected chi connectivity index (χ4v) is 5.65. The fourth-order valence-electron chi connectivity index (χ4n) is 5.65. The molecule has 0 radical (unpaired) electrons. The Hall–Kier alpha value is -3.38. The first-order valence-corrected chi connectivity index (χ1v) is 14.5. The van der Waals surface area contributed by atoms with Crippen LogP contribution in [0.1, 0.15) is 106 Å². The predicted molar refractivity (Wildman–Crippen MR) is 151 cm³/mol. The minimum atomic E-state index is -0.617. The topological polar surface area (TPSA) is 122 Å². The van der Waals surface area contributed by atoms with Gasteiger partial charge in [-0.1, -0.05) is 18.3 Å². The average Bonchev–Trinajstić information content (AvgIpc) is 3.20. The molecule has 9 nitrogen and oxygen atoms in total. The summed E-state index contributed by atoms with van der Waals surface area (Å²) in [6, 6.07) is 5.33. The zero-order chi connectivity index (χ0) is 28.9. The molecule has 40 heavy (non-hydrogen) atoms. The van der Waals surface area contributed by atoms with E-state index in [2.05, 4.69) is 17.2 Å². The van der Waals surface area contributed by atoms with Crippen molar-refractivity contribution in [3.8, 4) is 11.8 Å². The van der Waals surface area contributed by atoms with Crippen LogP contribution < -0.4 is 11.1 Å². The van der Waals surface area contributed by atoms with Crippen molar-refractivity contribution < 1.29 is 23.9 Å². The SMILES string of the molecule is CC(C)(C)OC(=O)N(CCCCCC#Cc1ccc2c(c1)CN(C1CCC(=O)NC1=O)C2=O)C1CCC(N)CC1. The summed E-state index contributed by atoms with van der Waals surface area (Å²) in [5.74, 6) is 5.55. The Morgan fingerprint density at radius 1 is 1.10 bits per heavy atom. The number of imide groups is 1. The third-order valence-corrected chi connectivity index (χ3v) is 7.77. The van der Waals surface area contributed by atoms with Crippen molar-refractivity contribution in [1.82, 2.24) is 15.1 Å². The number of nitrogens with two attached hydrogens (primary N) is 1. The number of benzene rings is 1. The number of hydrogen-bond donors (Lipinski definition) is 2. The van der Waals surface area contributed by atoms with Gasteiger partial charge in [0.1, 0.15) is 11.6 Å². The molecule has 1 aromatic rings. The van der Waals surface area contributed by atoms with Gasteiger partial charge < -0.3 is 20.3 Å². The lowest BCUT2D eigenvalue weighted by Gasteiger charge is -2.37. The van der Waals surface area contributed by atoms with Gasteiger partial charge in [0.15, 0.2) is 0 Å². The Morgan fingerprint density at radius 3 is 2.55 bits per heavy atom. The Kier molecular flexibility index (Phi) is 9.52. The number of nitrogens with zero attached hydrogens (tertiary/aromatic N) is 2. The molecular formula is C31H42N4O5. The number of hydrogen-bond acceptors (Lipinski definition) is 6. The van der Waals surface area contributed by atoms with Crippen molar-refractivity contribution in [2.24, 2.45) is 5.73 Å². The second kappa shape index (κ2) is 12.9. The number of amides is 4. The molecule has 1 aliphatic carbocycles. The van der Waals surface area contributed by atoms with E-state index in [1.165, 1.54) is 0 Å². The molecule has 1 atom stereocenters. The fraction of sp³-hybridized carbons (Fsp3) is 0.613. The van der Waals surface area contributed by atoms with Gasteiger partial charge in [-0.15, -0.1) is 0 Å². The first-order valence-electron chi connectivity index (χ1n) is 14.5. The number of nitrogens with one attached hydrogen (secondary N) is 1. The summed E-state index contributed by atoms with van der Waals surface area (Å²) >= 11 is 0. The second-order valence-corrected chi connectivity index (χ2v) is 12.1. The van der Waals surface area contributed by atoms with Crippen LogP contribution in [0.2, 0.25) is 0 Å². The van der Waals surface area contributed by atoms with E-state index in [-0.39, 0.29) is 36.4 Å². The molecule has 2 fully saturated rings. The van der Waals surface area contributed by atoms with Gasteiger partial charge in [-0.05, 0) is 89.5 Å². The van der Waals surface area contributed by atoms with E-state index in [9.17, 15) is 19.2 Å². The van der Waals surface area contributed by atoms with Crippen LogP contribution >= 0.6 is 0 Å². The van der Waals surface area contributed by atoms with E-state index in [1.807, 2.05) is 37.8 Å². The number of ether oxygens (including phenoxy) is 1. The van der Waals surface area contributed by atoms with Crippen molar-refractivity contribution in [3.05, 3.63) is 34.9 Å². The lowest BCUT2D eigenvalue weighted by Crippen LogP contribution is -2.52. The zero-order valence-corrected chi connectivity index (χ0v) is 24.0. The van der Waals surface area contributed by atoms with Crippen molar-refractivity contribution in [1.29, 1.82) is 0 Å². The normalized spacial score (nSPS) is 22.8. The molecule has 3 aliphatic rings. The van der Waals surface area contributed by atoms with E-state index < -0.39 is 17.6 Å². The first-order chi connectivity index (χ1) is 19.0. The Balaban J connectivity index is 1.25. The van der Waals surface area contributed by atoms with Crippen LogP contribution in [0, 0.1) is 11.8 Å². The van der Waals surface area contributed by atoms with Gasteiger partial charge in [-0.2, -0.15) is 0 Å². The van der Waals surface area contributed by atoms with E-state index in [4.69, 9.17) is 10.5 Å². The van der Waals surface area contributed by atoms with Gasteiger partial charge >= 0.3 is 6.09 Å². The predicted octanol–water partition coefficient (Wildman–Crippen LogP) is 3.87. The summed E-state index contributed by atoms with van der Waals surface area (Å²) in [4.78, 5) is 52.9. The summed E-state index contributed by atoms with van der Waals surface area (Å²) < 4.78 is 5.69. The molecule has 3 N–H and O–H groups in total. The van der Waals surface area contributed by atoms with E-state index in [1.54, 1.807) is 11.0 Å². The molecule has 9 heteroatoms. The number of rotatable bonds is 7. The number of carbonyl (C=O) groups excluding carboxylic acids is 4. The molecule has 0 bridgehead atoms. The van der Waals surface area contributed by atoms with E-state index >= 15 is 0 Å². The molecule has 1 saturated heterocycles. The van der Waals surface area contributed by atoms with Crippen LogP contribution in [-0.4, -0.2) is 63.9 Å². The maximum absolute atomic E-state index is 12.9. The van der Waals surface area contributed by atoms with E-state index in [0.29, 0.717) is 25.1 Å². The van der Waals surface area contributed by atoms with Crippen molar-refractivity contribution >= 4 is 23.8 Å². The molecule has 4 amide bonds. The Labute approximate surface area is 237 Å². The highest BCUT2D eigenvalue weighted by molar-refractivity contribution is 6.05. The molecule has 1 saturated carbocycles. The van der Waals surface area contributed by atoms with Gasteiger partial charge in [0.05, 0.1) is 0 Å². The largest absolute Gasteiger partial charge is 0.444 e. The van der Waals surface area contributed by atoms with Crippen molar-refractivity contribution in [3.63, 3.8) is 0 Å². The molecule has 0 aromatic heterocycles. The van der Waals surface area contributed by atoms with Gasteiger partial charge in [0.2, 0.25) is 11.8 Å². The standard InChI is InChI=1S/C31H42N4O5/c1-31(2,3)40-30(39)34(24-13-11-23(32)12-14-24)18-8-6-4-5-7-9-21-10-15-25-22(19-21)20-35(29(25)38)26-16-17-27(36)33-28(26)37/h10,15,19,23-24,26H,4-6,8,11-14,16-18,20,32H2,1-3H3,(H,33,36,37). The highest BCUT2D eigenvalue weighted by atomic mass is 16.6. The third kappa shape index (κ3) is 7.63. The molecule has 216 valence electrons. The lowest BCUT2D eigenvalue weighted by atomic mass is 9.90. The molecule has 2 aliphatic heterocycles. The van der Waals surface area contributed by atoms with Crippen molar-refractivity contribution in [2.75, 3.05) is 6.54 Å². The number of piperidine rings is 1. The summed E-state index contributed by atoms with van der Waals surface area (Å²) in [5, 5.41) is 2.33. The number of fused-ring (bicyclic) bond motifs is 1. The van der Waals surface area contributed by atoms with Crippen LogP contribution in [0.3, 0.4) is 0 Å². The number of carbonyl (C=O) groups is 4. The summed E-state index contributed by atoms with van der Waals surface area (Å²) in [5.41, 5.74) is 7.83. The Morgan fingerprint density at radius 2 is 1.85 bits per heavy atom. The van der Waals surface area contributed by atoms with Crippen LogP contribution in [0.15, 0.2) is 18.2 Å². The third-order valence-electron chi connectivity index (χ3n) is 7.77. The highest BCUT2D eigenvalue weighted by Crippen LogP contribution is 2.28. The highest BCUT2D eigenvalue weighted by Gasteiger charge is 2.39. The molecular weight excluding hydrogens is 508 g/mol. The van der Waals surface area contributed by atoms with Crippen LogP contribution in [0.5, 0.6) is 0 Å². The molecule has 2 heterocycles. The molecule has 1 unspecified atom stereocenters. The summed E-state index contributed by atoms with van der Waals surface area (Å²) in [6.07, 6.45) is 7.58. The molecule has 1 aromatic carbocycles. The van der Waals surface area contributed by atoms with Crippen LogP contribution in [0.25, 0.3) is 0 Å². The van der Waals surface area contributed by atoms with Crippen LogP contribution in [-0.2, 0) is 20.9 Å². The maximum atomic E-state index is 12.9. The Bertz CT molecular complexity index is 1190. The minimum Gasteiger partial charge on any atom is -0.444 e. The monoisotopic (exact) mass is 550 g/mol. The van der Waals surface area contributed by atoms with Gasteiger partial charge in [-0.3, -0.25) is 19.7 Å². The first kappa shape index (κ1) is 29.6. The quantitative estimate of drug-likeness (QED) is 0.302. The summed E-state index contributed by atoms with van der Waals surface area (Å²) in [6.45, 7) is 6.70. The molecule has 4 rings (SSSR count). The zero-order valence-electron chi connectivity index (χ0n) is 24.0. The van der Waals surface area contributed by atoms with E-state index in [0.717, 1.165) is 62.5 Å². The summed E-state index contributed by atoms with van der Waals surface area (Å²) in [7, 11) is 0. The average molecular weight is 551 g/mol. The minimum absolute atomic E-state index is 0.180. The van der Waals surface area contributed by atoms with Crippen molar-refractivity contribution in [2.45, 2.75) is 115 Å². The second-order valence-electron chi connectivity index (χ2n) is 12.1. The van der Waals surface area contributed by atoms with Gasteiger partial charge in [-0.25, -0.2) is 4.79 Å². The van der Waals surface area contributed by atoms with Gasteiger partial charge in [0.25, 0.3) is 5.91 Å². The smallest absolute Gasteiger partial charge is 0.410 e. The maximum Gasteiger partial charge on any atom is 0.410 e. The number of unbranched alkanes of at least 4 members (excludes halogenated alkanes) is 3.